The van der Waals surface area contributed by atoms with Crippen molar-refractivity contribution in [1.29, 1.82) is 5.26 Å². The van der Waals surface area contributed by atoms with E-state index in [2.05, 4.69) is 16.7 Å². The molecular formula is C14H17N3O. The molecule has 1 atom stereocenters. The van der Waals surface area contributed by atoms with Gasteiger partial charge in [0.2, 0.25) is 5.91 Å². The molecule has 94 valence electrons. The van der Waals surface area contributed by atoms with Crippen LogP contribution in [0.2, 0.25) is 0 Å². The summed E-state index contributed by atoms with van der Waals surface area (Å²) in [4.78, 5) is 11.0. The van der Waals surface area contributed by atoms with Gasteiger partial charge in [-0.15, -0.1) is 0 Å². The molecule has 1 fully saturated rings. The molecule has 0 bridgehead atoms. The molecule has 2 rings (SSSR count). The number of hydrogen-bond acceptors (Lipinski definition) is 3. The Balaban J connectivity index is 1.83. The van der Waals surface area contributed by atoms with Gasteiger partial charge in [0, 0.05) is 25.6 Å². The zero-order valence-electron chi connectivity index (χ0n) is 10.5. The largest absolute Gasteiger partial charge is 0.352 e. The third-order valence-electron chi connectivity index (χ3n) is 3.26. The summed E-state index contributed by atoms with van der Waals surface area (Å²) in [6.07, 6.45) is 1.56. The van der Waals surface area contributed by atoms with Crippen molar-refractivity contribution in [2.24, 2.45) is 0 Å². The number of hydrogen-bond donors (Lipinski definition) is 2. The molecule has 1 aromatic carbocycles. The zero-order valence-corrected chi connectivity index (χ0v) is 10.5. The van der Waals surface area contributed by atoms with E-state index < -0.39 is 0 Å². The first-order valence-corrected chi connectivity index (χ1v) is 6.19. The molecule has 1 heterocycles. The van der Waals surface area contributed by atoms with Crippen LogP contribution in [0.1, 0.15) is 29.5 Å². The van der Waals surface area contributed by atoms with Crippen LogP contribution in [0.3, 0.4) is 0 Å². The van der Waals surface area contributed by atoms with Gasteiger partial charge >= 0.3 is 0 Å². The monoisotopic (exact) mass is 243 g/mol. The van der Waals surface area contributed by atoms with Crippen LogP contribution in [0.4, 0.5) is 0 Å². The summed E-state index contributed by atoms with van der Waals surface area (Å²) in [5, 5.41) is 15.1. The number of nitriles is 1. The Hall–Kier alpha value is -1.86. The predicted molar refractivity (Wildman–Crippen MR) is 68.8 cm³/mol. The molecule has 4 heteroatoms. The first kappa shape index (κ1) is 12.6. The summed E-state index contributed by atoms with van der Waals surface area (Å²) in [5.41, 5.74) is 3.01. The van der Waals surface area contributed by atoms with Crippen LogP contribution in [0, 0.1) is 18.3 Å². The molecule has 1 unspecified atom stereocenters. The number of nitrogens with one attached hydrogen (secondary N) is 2. The molecule has 0 radical (unpaired) electrons. The minimum Gasteiger partial charge on any atom is -0.352 e. The second-order valence-corrected chi connectivity index (χ2v) is 4.69. The van der Waals surface area contributed by atoms with E-state index >= 15 is 0 Å². The summed E-state index contributed by atoms with van der Waals surface area (Å²) >= 11 is 0. The highest BCUT2D eigenvalue weighted by molar-refractivity contribution is 5.78. The minimum atomic E-state index is 0.149. The predicted octanol–water partition coefficient (Wildman–Crippen LogP) is 1.23. The minimum absolute atomic E-state index is 0.149. The van der Waals surface area contributed by atoms with Crippen molar-refractivity contribution >= 4 is 5.91 Å². The van der Waals surface area contributed by atoms with Gasteiger partial charge in [-0.05, 0) is 36.6 Å². The van der Waals surface area contributed by atoms with Crippen molar-refractivity contribution < 1.29 is 4.79 Å². The molecule has 1 saturated heterocycles. The number of carbonyl (C=O) groups excluding carboxylic acids is 1. The van der Waals surface area contributed by atoms with Gasteiger partial charge in [-0.1, -0.05) is 6.07 Å². The number of rotatable bonds is 4. The Bertz CT molecular complexity index is 490. The van der Waals surface area contributed by atoms with E-state index in [-0.39, 0.29) is 11.9 Å². The standard InChI is InChI=1S/C14H17N3O/c1-10-6-11(7-15)2-3-12(10)8-16-9-13-4-5-14(18)17-13/h2-3,6,13,16H,4-5,8-9H2,1H3,(H,17,18). The summed E-state index contributed by atoms with van der Waals surface area (Å²) < 4.78 is 0. The van der Waals surface area contributed by atoms with Gasteiger partial charge in [0.25, 0.3) is 0 Å². The van der Waals surface area contributed by atoms with Crippen molar-refractivity contribution in [3.63, 3.8) is 0 Å². The van der Waals surface area contributed by atoms with Gasteiger partial charge in [0.15, 0.2) is 0 Å². The molecule has 1 aliphatic rings. The van der Waals surface area contributed by atoms with Crippen LogP contribution in [-0.2, 0) is 11.3 Å². The van der Waals surface area contributed by atoms with E-state index in [0.717, 1.165) is 25.1 Å². The zero-order chi connectivity index (χ0) is 13.0. The van der Waals surface area contributed by atoms with Crippen LogP contribution < -0.4 is 10.6 Å². The fourth-order valence-electron chi connectivity index (χ4n) is 2.18. The van der Waals surface area contributed by atoms with Crippen molar-refractivity contribution in [1.82, 2.24) is 10.6 Å². The highest BCUT2D eigenvalue weighted by Crippen LogP contribution is 2.11. The van der Waals surface area contributed by atoms with E-state index in [4.69, 9.17) is 5.26 Å². The fraction of sp³-hybridized carbons (Fsp3) is 0.429. The quantitative estimate of drug-likeness (QED) is 0.836. The third kappa shape index (κ3) is 3.08. The highest BCUT2D eigenvalue weighted by Gasteiger charge is 2.19. The number of amides is 1. The number of nitrogens with zero attached hydrogens (tertiary/aromatic N) is 1. The second-order valence-electron chi connectivity index (χ2n) is 4.69. The summed E-state index contributed by atoms with van der Waals surface area (Å²) in [6.45, 7) is 3.57. The van der Waals surface area contributed by atoms with Crippen LogP contribution >= 0.6 is 0 Å². The first-order chi connectivity index (χ1) is 8.69. The van der Waals surface area contributed by atoms with Gasteiger partial charge in [-0.25, -0.2) is 0 Å². The topological polar surface area (TPSA) is 64.9 Å². The van der Waals surface area contributed by atoms with Crippen molar-refractivity contribution in [3.05, 3.63) is 34.9 Å². The van der Waals surface area contributed by atoms with Crippen molar-refractivity contribution in [3.8, 4) is 6.07 Å². The average molecular weight is 243 g/mol. The van der Waals surface area contributed by atoms with Crippen LogP contribution in [-0.4, -0.2) is 18.5 Å². The van der Waals surface area contributed by atoms with Crippen molar-refractivity contribution in [2.45, 2.75) is 32.4 Å². The van der Waals surface area contributed by atoms with E-state index in [1.807, 2.05) is 25.1 Å². The lowest BCUT2D eigenvalue weighted by molar-refractivity contribution is -0.119. The maximum absolute atomic E-state index is 11.0. The summed E-state index contributed by atoms with van der Waals surface area (Å²) in [5.74, 6) is 0.149. The smallest absolute Gasteiger partial charge is 0.220 e. The van der Waals surface area contributed by atoms with Crippen molar-refractivity contribution in [2.75, 3.05) is 6.54 Å². The second kappa shape index (κ2) is 5.65. The Labute approximate surface area is 107 Å². The molecule has 0 saturated carbocycles. The Morgan fingerprint density at radius 3 is 3.00 bits per heavy atom. The SMILES string of the molecule is Cc1cc(C#N)ccc1CNCC1CCC(=O)N1. The number of carbonyl (C=O) groups is 1. The van der Waals surface area contributed by atoms with E-state index in [1.54, 1.807) is 0 Å². The number of aryl methyl sites for hydroxylation is 1. The van der Waals surface area contributed by atoms with Gasteiger partial charge in [0.1, 0.15) is 0 Å². The van der Waals surface area contributed by atoms with Gasteiger partial charge < -0.3 is 10.6 Å². The van der Waals surface area contributed by atoms with Gasteiger partial charge in [0.05, 0.1) is 11.6 Å². The van der Waals surface area contributed by atoms with Gasteiger partial charge in [-0.3, -0.25) is 4.79 Å². The lowest BCUT2D eigenvalue weighted by atomic mass is 10.1. The van der Waals surface area contributed by atoms with Crippen LogP contribution in [0.25, 0.3) is 0 Å². The molecule has 0 aromatic heterocycles. The first-order valence-electron chi connectivity index (χ1n) is 6.19. The van der Waals surface area contributed by atoms with Crippen LogP contribution in [0.15, 0.2) is 18.2 Å². The van der Waals surface area contributed by atoms with E-state index in [0.29, 0.717) is 12.0 Å². The average Bonchev–Trinajstić information content (AvgIpc) is 2.77. The molecule has 4 nitrogen and oxygen atoms in total. The molecule has 1 amide bonds. The summed E-state index contributed by atoms with van der Waals surface area (Å²) in [7, 11) is 0. The molecule has 0 aliphatic carbocycles. The lowest BCUT2D eigenvalue weighted by Gasteiger charge is -2.12. The molecule has 1 aliphatic heterocycles. The molecule has 2 N–H and O–H groups in total. The Morgan fingerprint density at radius 1 is 1.56 bits per heavy atom. The molecule has 1 aromatic rings. The number of benzene rings is 1. The molecule has 18 heavy (non-hydrogen) atoms. The lowest BCUT2D eigenvalue weighted by Crippen LogP contribution is -2.35. The maximum Gasteiger partial charge on any atom is 0.220 e. The highest BCUT2D eigenvalue weighted by atomic mass is 16.1. The Kier molecular flexibility index (Phi) is 3.96. The normalized spacial score (nSPS) is 18.4. The third-order valence-corrected chi connectivity index (χ3v) is 3.26. The summed E-state index contributed by atoms with van der Waals surface area (Å²) in [6, 6.07) is 8.11. The van der Waals surface area contributed by atoms with E-state index in [9.17, 15) is 4.79 Å². The Morgan fingerprint density at radius 2 is 2.39 bits per heavy atom. The van der Waals surface area contributed by atoms with Crippen LogP contribution in [0.5, 0.6) is 0 Å². The molecular weight excluding hydrogens is 226 g/mol. The maximum atomic E-state index is 11.0. The van der Waals surface area contributed by atoms with Gasteiger partial charge in [-0.2, -0.15) is 5.26 Å². The fourth-order valence-corrected chi connectivity index (χ4v) is 2.18. The molecule has 0 spiro atoms. The van der Waals surface area contributed by atoms with E-state index in [1.165, 1.54) is 5.56 Å².